The van der Waals surface area contributed by atoms with Crippen molar-refractivity contribution in [1.29, 1.82) is 0 Å². The summed E-state index contributed by atoms with van der Waals surface area (Å²) in [6, 6.07) is 13.6. The molecule has 28 heavy (non-hydrogen) atoms. The van der Waals surface area contributed by atoms with Gasteiger partial charge in [-0.05, 0) is 36.4 Å². The molecule has 1 N–H and O–H groups in total. The minimum absolute atomic E-state index is 0.0556. The Morgan fingerprint density at radius 1 is 1.07 bits per heavy atom. The normalized spacial score (nSPS) is 11.4. The summed E-state index contributed by atoms with van der Waals surface area (Å²) in [6.45, 7) is 0.152. The van der Waals surface area contributed by atoms with E-state index >= 15 is 0 Å². The number of carbonyl (C=O) groups excluding carboxylic acids is 1. The first-order valence-electron chi connectivity index (χ1n) is 8.11. The van der Waals surface area contributed by atoms with Gasteiger partial charge < -0.3 is 5.32 Å². The van der Waals surface area contributed by atoms with Crippen LogP contribution in [-0.4, -0.2) is 33.2 Å². The highest BCUT2D eigenvalue weighted by atomic mass is 32.2. The van der Waals surface area contributed by atoms with Crippen LogP contribution >= 0.6 is 11.8 Å². The van der Waals surface area contributed by atoms with Gasteiger partial charge in [-0.15, -0.1) is 16.9 Å². The number of amides is 1. The van der Waals surface area contributed by atoms with Crippen LogP contribution in [0.4, 0.5) is 17.6 Å². The first-order valence-corrected chi connectivity index (χ1v) is 9.09. The lowest BCUT2D eigenvalue weighted by atomic mass is 10.2. The van der Waals surface area contributed by atoms with Gasteiger partial charge in [-0.1, -0.05) is 23.4 Å². The first kappa shape index (κ1) is 19.9. The summed E-state index contributed by atoms with van der Waals surface area (Å²) in [4.78, 5) is 13.2. The zero-order valence-corrected chi connectivity index (χ0v) is 15.1. The molecular weight excluding hydrogens is 396 g/mol. The Morgan fingerprint density at radius 2 is 1.75 bits per heavy atom. The fourth-order valence-electron chi connectivity index (χ4n) is 2.39. The third-order valence-corrected chi connectivity index (χ3v) is 4.64. The molecule has 5 nitrogen and oxygen atoms in total. The molecule has 0 saturated carbocycles. The van der Waals surface area contributed by atoms with E-state index in [4.69, 9.17) is 0 Å². The van der Waals surface area contributed by atoms with E-state index in [9.17, 15) is 22.4 Å². The number of benzene rings is 2. The maximum Gasteiger partial charge on any atom is 0.435 e. The highest BCUT2D eigenvalue weighted by Gasteiger charge is 2.41. The van der Waals surface area contributed by atoms with Gasteiger partial charge in [0, 0.05) is 17.2 Å². The maximum absolute atomic E-state index is 13.5. The summed E-state index contributed by atoms with van der Waals surface area (Å²) in [7, 11) is 0. The molecule has 1 aromatic heterocycles. The van der Waals surface area contributed by atoms with Gasteiger partial charge in [-0.25, -0.2) is 9.07 Å². The number of alkyl halides is 3. The van der Waals surface area contributed by atoms with Gasteiger partial charge in [0.1, 0.15) is 5.82 Å². The molecule has 3 aromatic rings. The van der Waals surface area contributed by atoms with Gasteiger partial charge >= 0.3 is 6.18 Å². The molecule has 0 radical (unpaired) electrons. The smallest absolute Gasteiger partial charge is 0.350 e. The molecule has 0 fully saturated rings. The quantitative estimate of drug-likeness (QED) is 0.380. The summed E-state index contributed by atoms with van der Waals surface area (Å²) < 4.78 is 54.1. The van der Waals surface area contributed by atoms with Crippen molar-refractivity contribution >= 4 is 17.7 Å². The fraction of sp³-hybridized carbons (Fsp3) is 0.167. The Balaban J connectivity index is 1.73. The molecule has 2 aromatic carbocycles. The maximum atomic E-state index is 13.5. The second-order valence-corrected chi connectivity index (χ2v) is 6.76. The van der Waals surface area contributed by atoms with E-state index in [0.717, 1.165) is 29.2 Å². The summed E-state index contributed by atoms with van der Waals surface area (Å²) in [6.07, 6.45) is -4.87. The molecule has 0 bridgehead atoms. The predicted molar refractivity (Wildman–Crippen MR) is 95.8 cm³/mol. The second-order valence-electron chi connectivity index (χ2n) is 5.59. The molecule has 1 heterocycles. The molecule has 10 heteroatoms. The lowest BCUT2D eigenvalue weighted by Gasteiger charge is -2.11. The first-order chi connectivity index (χ1) is 13.4. The largest absolute Gasteiger partial charge is 0.435 e. The molecule has 1 amide bonds. The van der Waals surface area contributed by atoms with E-state index in [-0.39, 0.29) is 12.2 Å². The Morgan fingerprint density at radius 3 is 2.39 bits per heavy atom. The van der Waals surface area contributed by atoms with Crippen molar-refractivity contribution in [3.63, 3.8) is 0 Å². The van der Waals surface area contributed by atoms with Crippen LogP contribution in [-0.2, 0) is 6.18 Å². The number of rotatable bonds is 6. The molecule has 0 saturated heterocycles. The van der Waals surface area contributed by atoms with Gasteiger partial charge in [-0.2, -0.15) is 13.2 Å². The molecule has 0 spiro atoms. The molecule has 0 aliphatic rings. The summed E-state index contributed by atoms with van der Waals surface area (Å²) in [5, 5.41) is 9.26. The fourth-order valence-corrected chi connectivity index (χ4v) is 3.18. The van der Waals surface area contributed by atoms with Crippen LogP contribution in [0, 0.1) is 5.82 Å². The molecule has 0 aliphatic heterocycles. The number of carbonyl (C=O) groups is 1. The second kappa shape index (κ2) is 8.42. The van der Waals surface area contributed by atoms with E-state index in [1.165, 1.54) is 11.8 Å². The Hall–Kier alpha value is -2.88. The van der Waals surface area contributed by atoms with Crippen molar-refractivity contribution in [1.82, 2.24) is 20.3 Å². The number of aromatic nitrogens is 3. The highest BCUT2D eigenvalue weighted by Crippen LogP contribution is 2.32. The number of nitrogens with one attached hydrogen (secondary N) is 1. The van der Waals surface area contributed by atoms with Crippen LogP contribution in [0.25, 0.3) is 5.69 Å². The Labute approximate surface area is 161 Å². The van der Waals surface area contributed by atoms with Crippen molar-refractivity contribution in [2.75, 3.05) is 12.3 Å². The van der Waals surface area contributed by atoms with Crippen LogP contribution in [0.15, 0.2) is 59.5 Å². The van der Waals surface area contributed by atoms with Crippen LogP contribution < -0.4 is 5.32 Å². The van der Waals surface area contributed by atoms with Crippen molar-refractivity contribution < 1.29 is 22.4 Å². The molecule has 0 atom stereocenters. The summed E-state index contributed by atoms with van der Waals surface area (Å²) >= 11 is 1.46. The van der Waals surface area contributed by atoms with E-state index in [1.54, 1.807) is 0 Å². The van der Waals surface area contributed by atoms with Crippen molar-refractivity contribution in [2.45, 2.75) is 11.1 Å². The molecule has 0 aliphatic carbocycles. The molecule has 146 valence electrons. The van der Waals surface area contributed by atoms with E-state index in [2.05, 4.69) is 15.6 Å². The standard InChI is InChI=1S/C18H14F4N4OS/c19-12-6-8-13(9-7-12)26-16(18(20,21)22)15(24-25-26)17(27)23-10-11-28-14-4-2-1-3-5-14/h1-9H,10-11H2,(H,23,27). The average Bonchev–Trinajstić information content (AvgIpc) is 3.12. The monoisotopic (exact) mass is 410 g/mol. The van der Waals surface area contributed by atoms with Gasteiger partial charge in [-0.3, -0.25) is 4.79 Å². The minimum atomic E-state index is -4.87. The number of nitrogens with zero attached hydrogens (tertiary/aromatic N) is 3. The Kier molecular flexibility index (Phi) is 5.98. The predicted octanol–water partition coefficient (Wildman–Crippen LogP) is 3.95. The third-order valence-electron chi connectivity index (χ3n) is 3.62. The van der Waals surface area contributed by atoms with Gasteiger partial charge in [0.25, 0.3) is 5.91 Å². The van der Waals surface area contributed by atoms with Crippen molar-refractivity contribution in [2.24, 2.45) is 0 Å². The molecular formula is C18H14F4N4OS. The number of halogens is 4. The lowest BCUT2D eigenvalue weighted by molar-refractivity contribution is -0.143. The number of thioether (sulfide) groups is 1. The highest BCUT2D eigenvalue weighted by molar-refractivity contribution is 7.99. The van der Waals surface area contributed by atoms with Crippen LogP contribution in [0.1, 0.15) is 16.2 Å². The molecule has 3 rings (SSSR count). The number of hydrogen-bond acceptors (Lipinski definition) is 4. The topological polar surface area (TPSA) is 59.8 Å². The van der Waals surface area contributed by atoms with E-state index < -0.39 is 29.3 Å². The Bertz CT molecular complexity index is 942. The average molecular weight is 410 g/mol. The van der Waals surface area contributed by atoms with Gasteiger partial charge in [0.2, 0.25) is 0 Å². The molecule has 0 unspecified atom stereocenters. The van der Waals surface area contributed by atoms with Gasteiger partial charge in [0.15, 0.2) is 11.4 Å². The number of hydrogen-bond donors (Lipinski definition) is 1. The minimum Gasteiger partial charge on any atom is -0.350 e. The lowest BCUT2D eigenvalue weighted by Crippen LogP contribution is -2.29. The third kappa shape index (κ3) is 4.69. The SMILES string of the molecule is O=C(NCCSc1ccccc1)c1nnn(-c2ccc(F)cc2)c1C(F)(F)F. The van der Waals surface area contributed by atoms with Gasteiger partial charge in [0.05, 0.1) is 5.69 Å². The van der Waals surface area contributed by atoms with Crippen LogP contribution in [0.2, 0.25) is 0 Å². The van der Waals surface area contributed by atoms with E-state index in [0.29, 0.717) is 10.4 Å². The summed E-state index contributed by atoms with van der Waals surface area (Å²) in [5.41, 5.74) is -2.20. The zero-order chi connectivity index (χ0) is 20.1. The summed E-state index contributed by atoms with van der Waals surface area (Å²) in [5.74, 6) is -1.11. The van der Waals surface area contributed by atoms with Crippen LogP contribution in [0.3, 0.4) is 0 Å². The van der Waals surface area contributed by atoms with E-state index in [1.807, 2.05) is 30.3 Å². The van der Waals surface area contributed by atoms with Crippen molar-refractivity contribution in [3.05, 3.63) is 71.8 Å². The van der Waals surface area contributed by atoms with Crippen molar-refractivity contribution in [3.8, 4) is 5.69 Å². The van der Waals surface area contributed by atoms with Crippen LogP contribution in [0.5, 0.6) is 0 Å². The zero-order valence-electron chi connectivity index (χ0n) is 14.3.